The SMILES string of the molecule is [N-]=[N+]=NCCCCc1ccncc1. The van der Waals surface area contributed by atoms with E-state index in [4.69, 9.17) is 5.53 Å². The predicted molar refractivity (Wildman–Crippen MR) is 51.2 cm³/mol. The van der Waals surface area contributed by atoms with Crippen molar-refractivity contribution >= 4 is 0 Å². The molecule has 0 aliphatic carbocycles. The standard InChI is InChI=1S/C9H12N4/c10-13-12-6-2-1-3-9-4-7-11-8-5-9/h4-5,7-8H,1-3,6H2. The van der Waals surface area contributed by atoms with E-state index in [0.29, 0.717) is 6.54 Å². The molecule has 13 heavy (non-hydrogen) atoms. The highest BCUT2D eigenvalue weighted by Crippen LogP contribution is 2.02. The molecule has 0 unspecified atom stereocenters. The van der Waals surface area contributed by atoms with Crippen LogP contribution in [-0.4, -0.2) is 11.5 Å². The summed E-state index contributed by atoms with van der Waals surface area (Å²) >= 11 is 0. The number of hydrogen-bond donors (Lipinski definition) is 0. The van der Waals surface area contributed by atoms with Gasteiger partial charge in [0.25, 0.3) is 0 Å². The highest BCUT2D eigenvalue weighted by atomic mass is 15.1. The predicted octanol–water partition coefficient (Wildman–Crippen LogP) is 2.71. The van der Waals surface area contributed by atoms with Crippen LogP contribution in [0.4, 0.5) is 0 Å². The number of pyridine rings is 1. The number of azide groups is 1. The first kappa shape index (κ1) is 9.55. The number of aromatic nitrogens is 1. The lowest BCUT2D eigenvalue weighted by atomic mass is 10.1. The Hall–Kier alpha value is -1.54. The normalized spacial score (nSPS) is 9.23. The molecule has 0 N–H and O–H groups in total. The Bertz CT molecular complexity index is 277. The molecule has 0 bridgehead atoms. The summed E-state index contributed by atoms with van der Waals surface area (Å²) in [5.41, 5.74) is 9.32. The van der Waals surface area contributed by atoms with Crippen LogP contribution in [0.2, 0.25) is 0 Å². The fourth-order valence-electron chi connectivity index (χ4n) is 1.11. The van der Waals surface area contributed by atoms with Gasteiger partial charge >= 0.3 is 0 Å². The lowest BCUT2D eigenvalue weighted by Gasteiger charge is -1.97. The molecule has 1 aromatic heterocycles. The molecule has 0 spiro atoms. The molecule has 4 heteroatoms. The van der Waals surface area contributed by atoms with Crippen molar-refractivity contribution in [3.05, 3.63) is 40.5 Å². The number of nitrogens with zero attached hydrogens (tertiary/aromatic N) is 4. The second-order valence-corrected chi connectivity index (χ2v) is 2.77. The maximum Gasteiger partial charge on any atom is 0.0270 e. The van der Waals surface area contributed by atoms with Crippen LogP contribution < -0.4 is 0 Å². The first-order chi connectivity index (χ1) is 6.43. The van der Waals surface area contributed by atoms with Crippen LogP contribution in [0, 0.1) is 0 Å². The first-order valence-electron chi connectivity index (χ1n) is 4.33. The van der Waals surface area contributed by atoms with Gasteiger partial charge in [-0.1, -0.05) is 5.11 Å². The topological polar surface area (TPSA) is 61.7 Å². The largest absolute Gasteiger partial charge is 0.265 e. The Labute approximate surface area is 77.2 Å². The summed E-state index contributed by atoms with van der Waals surface area (Å²) in [7, 11) is 0. The van der Waals surface area contributed by atoms with Crippen molar-refractivity contribution in [2.75, 3.05) is 6.54 Å². The second kappa shape index (κ2) is 6.03. The summed E-state index contributed by atoms with van der Waals surface area (Å²) in [6.07, 6.45) is 6.63. The van der Waals surface area contributed by atoms with Gasteiger partial charge in [0.05, 0.1) is 0 Å². The fourth-order valence-corrected chi connectivity index (χ4v) is 1.11. The number of unbranched alkanes of at least 4 members (excludes halogenated alkanes) is 1. The molecule has 4 nitrogen and oxygen atoms in total. The zero-order valence-corrected chi connectivity index (χ0v) is 7.43. The smallest absolute Gasteiger partial charge is 0.0270 e. The van der Waals surface area contributed by atoms with Crippen LogP contribution in [-0.2, 0) is 6.42 Å². The molecule has 1 heterocycles. The lowest BCUT2D eigenvalue weighted by molar-refractivity contribution is 0.741. The van der Waals surface area contributed by atoms with E-state index < -0.39 is 0 Å². The van der Waals surface area contributed by atoms with E-state index in [-0.39, 0.29) is 0 Å². The van der Waals surface area contributed by atoms with Crippen molar-refractivity contribution < 1.29 is 0 Å². The van der Waals surface area contributed by atoms with E-state index in [0.717, 1.165) is 19.3 Å². The average Bonchev–Trinajstić information content (AvgIpc) is 2.19. The van der Waals surface area contributed by atoms with Crippen molar-refractivity contribution in [1.29, 1.82) is 0 Å². The highest BCUT2D eigenvalue weighted by Gasteiger charge is 1.90. The minimum Gasteiger partial charge on any atom is -0.265 e. The average molecular weight is 176 g/mol. The van der Waals surface area contributed by atoms with Gasteiger partial charge in [-0.05, 0) is 42.5 Å². The molecule has 0 saturated heterocycles. The molecule has 68 valence electrons. The summed E-state index contributed by atoms with van der Waals surface area (Å²) in [5.74, 6) is 0. The third-order valence-corrected chi connectivity index (χ3v) is 1.79. The van der Waals surface area contributed by atoms with E-state index in [9.17, 15) is 0 Å². The van der Waals surface area contributed by atoms with Crippen LogP contribution in [0.1, 0.15) is 18.4 Å². The molecule has 0 amide bonds. The van der Waals surface area contributed by atoms with E-state index in [1.54, 1.807) is 12.4 Å². The third kappa shape index (κ3) is 4.13. The second-order valence-electron chi connectivity index (χ2n) is 2.77. The Balaban J connectivity index is 2.17. The van der Waals surface area contributed by atoms with Crippen molar-refractivity contribution in [2.45, 2.75) is 19.3 Å². The van der Waals surface area contributed by atoms with Crippen molar-refractivity contribution in [3.63, 3.8) is 0 Å². The van der Waals surface area contributed by atoms with Gasteiger partial charge in [-0.2, -0.15) is 0 Å². The first-order valence-corrected chi connectivity index (χ1v) is 4.33. The summed E-state index contributed by atoms with van der Waals surface area (Å²) in [6.45, 7) is 0.599. The van der Waals surface area contributed by atoms with Gasteiger partial charge < -0.3 is 0 Å². The molecule has 0 atom stereocenters. The molecule has 0 saturated carbocycles. The van der Waals surface area contributed by atoms with Crippen LogP contribution >= 0.6 is 0 Å². The van der Waals surface area contributed by atoms with Crippen LogP contribution in [0.15, 0.2) is 29.6 Å². The minimum absolute atomic E-state index is 0.599. The molecule has 1 aromatic rings. The lowest BCUT2D eigenvalue weighted by Crippen LogP contribution is -1.87. The minimum atomic E-state index is 0.599. The van der Waals surface area contributed by atoms with E-state index in [1.807, 2.05) is 12.1 Å². The van der Waals surface area contributed by atoms with Gasteiger partial charge in [0.15, 0.2) is 0 Å². The Morgan fingerprint density at radius 2 is 2.08 bits per heavy atom. The number of hydrogen-bond acceptors (Lipinski definition) is 2. The molecule has 1 rings (SSSR count). The Morgan fingerprint density at radius 3 is 2.77 bits per heavy atom. The number of aryl methyl sites for hydroxylation is 1. The third-order valence-electron chi connectivity index (χ3n) is 1.79. The molecule has 0 aromatic carbocycles. The summed E-state index contributed by atoms with van der Waals surface area (Å²) in [5, 5.41) is 3.47. The van der Waals surface area contributed by atoms with Gasteiger partial charge in [0.2, 0.25) is 0 Å². The maximum atomic E-state index is 8.03. The zero-order valence-electron chi connectivity index (χ0n) is 7.43. The molecule has 0 aliphatic rings. The maximum absolute atomic E-state index is 8.03. The summed E-state index contributed by atoms with van der Waals surface area (Å²) in [4.78, 5) is 6.63. The van der Waals surface area contributed by atoms with Gasteiger partial charge in [-0.25, -0.2) is 0 Å². The van der Waals surface area contributed by atoms with Crippen molar-refractivity contribution in [1.82, 2.24) is 4.98 Å². The van der Waals surface area contributed by atoms with E-state index in [2.05, 4.69) is 15.0 Å². The van der Waals surface area contributed by atoms with Gasteiger partial charge in [0, 0.05) is 23.9 Å². The molecule has 0 aliphatic heterocycles. The van der Waals surface area contributed by atoms with Crippen LogP contribution in [0.3, 0.4) is 0 Å². The zero-order chi connectivity index (χ0) is 9.36. The summed E-state index contributed by atoms with van der Waals surface area (Å²) < 4.78 is 0. The van der Waals surface area contributed by atoms with Gasteiger partial charge in [-0.15, -0.1) is 0 Å². The monoisotopic (exact) mass is 176 g/mol. The summed E-state index contributed by atoms with van der Waals surface area (Å²) in [6, 6.07) is 4.02. The van der Waals surface area contributed by atoms with Gasteiger partial charge in [-0.3, -0.25) is 4.98 Å². The Morgan fingerprint density at radius 1 is 1.31 bits per heavy atom. The highest BCUT2D eigenvalue weighted by molar-refractivity contribution is 5.09. The van der Waals surface area contributed by atoms with Crippen LogP contribution in [0.25, 0.3) is 10.4 Å². The molecular formula is C9H12N4. The van der Waals surface area contributed by atoms with Gasteiger partial charge in [0.1, 0.15) is 0 Å². The fraction of sp³-hybridized carbons (Fsp3) is 0.444. The quantitative estimate of drug-likeness (QED) is 0.294. The molecular weight excluding hydrogens is 164 g/mol. The van der Waals surface area contributed by atoms with Crippen LogP contribution in [0.5, 0.6) is 0 Å². The van der Waals surface area contributed by atoms with E-state index >= 15 is 0 Å². The Kier molecular flexibility index (Phi) is 4.43. The molecule has 0 fully saturated rings. The van der Waals surface area contributed by atoms with Crippen molar-refractivity contribution in [2.24, 2.45) is 5.11 Å². The molecule has 0 radical (unpaired) electrons. The van der Waals surface area contributed by atoms with E-state index in [1.165, 1.54) is 5.56 Å². The number of rotatable bonds is 5. The van der Waals surface area contributed by atoms with Crippen molar-refractivity contribution in [3.8, 4) is 0 Å².